The van der Waals surface area contributed by atoms with Crippen LogP contribution >= 0.6 is 0 Å². The first kappa shape index (κ1) is 6.66. The second-order valence-corrected chi connectivity index (χ2v) is 3.16. The third kappa shape index (κ3) is 0.752. The van der Waals surface area contributed by atoms with Crippen molar-refractivity contribution in [1.82, 2.24) is 0 Å². The van der Waals surface area contributed by atoms with Gasteiger partial charge in [0, 0.05) is 0 Å². The minimum atomic E-state index is 0.231. The predicted molar refractivity (Wildman–Crippen MR) is 38.1 cm³/mol. The van der Waals surface area contributed by atoms with Crippen molar-refractivity contribution in [2.45, 2.75) is 33.3 Å². The smallest absolute Gasteiger partial charge is 0.110 e. The van der Waals surface area contributed by atoms with Gasteiger partial charge in [0.2, 0.25) is 0 Å². The van der Waals surface area contributed by atoms with Crippen molar-refractivity contribution < 1.29 is 4.74 Å². The summed E-state index contributed by atoms with van der Waals surface area (Å²) in [5, 5.41) is 0. The van der Waals surface area contributed by atoms with E-state index < -0.39 is 0 Å². The van der Waals surface area contributed by atoms with Crippen molar-refractivity contribution in [2.75, 3.05) is 0 Å². The Morgan fingerprint density at radius 1 is 1.67 bits per heavy atom. The van der Waals surface area contributed by atoms with Crippen LogP contribution in [0, 0.1) is 5.41 Å². The van der Waals surface area contributed by atoms with E-state index in [1.54, 1.807) is 0 Å². The van der Waals surface area contributed by atoms with E-state index in [0.717, 1.165) is 12.2 Å². The molecule has 0 bridgehead atoms. The van der Waals surface area contributed by atoms with Gasteiger partial charge in [-0.05, 0) is 20.3 Å². The molecule has 0 aromatic heterocycles. The first-order valence-corrected chi connectivity index (χ1v) is 3.45. The maximum Gasteiger partial charge on any atom is 0.110 e. The van der Waals surface area contributed by atoms with Gasteiger partial charge in [-0.25, -0.2) is 0 Å². The van der Waals surface area contributed by atoms with Crippen molar-refractivity contribution in [3.8, 4) is 0 Å². The molecular formula is C8H14O. The largest absolute Gasteiger partial charge is 0.494 e. The Bertz CT molecular complexity index is 136. The van der Waals surface area contributed by atoms with Crippen LogP contribution in [0.15, 0.2) is 12.3 Å². The molecule has 0 saturated carbocycles. The van der Waals surface area contributed by atoms with Crippen LogP contribution in [0.5, 0.6) is 0 Å². The molecule has 1 saturated heterocycles. The highest BCUT2D eigenvalue weighted by atomic mass is 16.5. The Hall–Kier alpha value is -0.460. The Balaban J connectivity index is 2.58. The Morgan fingerprint density at radius 2 is 2.22 bits per heavy atom. The minimum absolute atomic E-state index is 0.231. The highest BCUT2D eigenvalue weighted by Crippen LogP contribution is 2.44. The molecule has 9 heavy (non-hydrogen) atoms. The second-order valence-electron chi connectivity index (χ2n) is 3.16. The zero-order chi connectivity index (χ0) is 7.07. The molecule has 1 heterocycles. The SMILES string of the molecule is C=C1OC(CC)C1(C)C. The van der Waals surface area contributed by atoms with E-state index in [0.29, 0.717) is 6.10 Å². The number of rotatable bonds is 1. The Morgan fingerprint density at radius 3 is 2.33 bits per heavy atom. The van der Waals surface area contributed by atoms with Crippen LogP contribution in [0.3, 0.4) is 0 Å². The highest BCUT2D eigenvalue weighted by Gasteiger charge is 2.43. The molecule has 1 aliphatic rings. The monoisotopic (exact) mass is 126 g/mol. The lowest BCUT2D eigenvalue weighted by Crippen LogP contribution is -2.44. The lowest BCUT2D eigenvalue weighted by Gasteiger charge is -2.46. The van der Waals surface area contributed by atoms with Crippen molar-refractivity contribution in [2.24, 2.45) is 5.41 Å². The molecule has 0 aliphatic carbocycles. The third-order valence-electron chi connectivity index (χ3n) is 2.18. The first-order valence-electron chi connectivity index (χ1n) is 3.45. The van der Waals surface area contributed by atoms with Gasteiger partial charge in [-0.2, -0.15) is 0 Å². The van der Waals surface area contributed by atoms with E-state index in [4.69, 9.17) is 4.74 Å². The van der Waals surface area contributed by atoms with Gasteiger partial charge >= 0.3 is 0 Å². The summed E-state index contributed by atoms with van der Waals surface area (Å²) >= 11 is 0. The molecule has 0 spiro atoms. The standard InChI is InChI=1S/C8H14O/c1-5-7-8(3,4)6(2)9-7/h7H,2,5H2,1,3-4H3. The lowest BCUT2D eigenvalue weighted by atomic mass is 9.78. The van der Waals surface area contributed by atoms with Gasteiger partial charge in [0.1, 0.15) is 6.10 Å². The third-order valence-corrected chi connectivity index (χ3v) is 2.18. The molecule has 0 radical (unpaired) electrons. The summed E-state index contributed by atoms with van der Waals surface area (Å²) < 4.78 is 5.31. The van der Waals surface area contributed by atoms with Crippen LogP contribution in [-0.4, -0.2) is 6.10 Å². The van der Waals surface area contributed by atoms with E-state index in [1.165, 1.54) is 0 Å². The second kappa shape index (κ2) is 1.76. The van der Waals surface area contributed by atoms with Crippen molar-refractivity contribution >= 4 is 0 Å². The Kier molecular flexibility index (Phi) is 1.30. The van der Waals surface area contributed by atoms with Gasteiger partial charge in [-0.15, -0.1) is 0 Å². The van der Waals surface area contributed by atoms with Crippen molar-refractivity contribution in [3.05, 3.63) is 12.3 Å². The zero-order valence-corrected chi connectivity index (χ0v) is 6.40. The van der Waals surface area contributed by atoms with E-state index in [-0.39, 0.29) is 5.41 Å². The molecule has 1 rings (SSSR count). The van der Waals surface area contributed by atoms with Gasteiger partial charge in [0.05, 0.1) is 11.2 Å². The van der Waals surface area contributed by atoms with Gasteiger partial charge in [-0.1, -0.05) is 13.5 Å². The average molecular weight is 126 g/mol. The maximum absolute atomic E-state index is 5.31. The normalized spacial score (nSPS) is 31.0. The molecule has 1 unspecified atom stereocenters. The molecule has 1 atom stereocenters. The van der Waals surface area contributed by atoms with Gasteiger partial charge in [0.15, 0.2) is 0 Å². The summed E-state index contributed by atoms with van der Waals surface area (Å²) in [6.07, 6.45) is 1.50. The van der Waals surface area contributed by atoms with Crippen molar-refractivity contribution in [3.63, 3.8) is 0 Å². The van der Waals surface area contributed by atoms with E-state index in [1.807, 2.05) is 0 Å². The number of hydrogen-bond donors (Lipinski definition) is 0. The Labute approximate surface area is 56.7 Å². The van der Waals surface area contributed by atoms with Gasteiger partial charge in [-0.3, -0.25) is 0 Å². The number of hydrogen-bond acceptors (Lipinski definition) is 1. The predicted octanol–water partition coefficient (Wildman–Crippen LogP) is 2.34. The van der Waals surface area contributed by atoms with Gasteiger partial charge in [0.25, 0.3) is 0 Å². The summed E-state index contributed by atoms with van der Waals surface area (Å²) in [6.45, 7) is 10.3. The number of ether oxygens (including phenoxy) is 1. The van der Waals surface area contributed by atoms with Gasteiger partial charge < -0.3 is 4.74 Å². The van der Waals surface area contributed by atoms with E-state index in [2.05, 4.69) is 27.4 Å². The molecule has 0 aromatic rings. The van der Waals surface area contributed by atoms with E-state index >= 15 is 0 Å². The molecule has 0 amide bonds. The average Bonchev–Trinajstić information content (AvgIpc) is 1.82. The first-order chi connectivity index (χ1) is 4.09. The van der Waals surface area contributed by atoms with E-state index in [9.17, 15) is 0 Å². The summed E-state index contributed by atoms with van der Waals surface area (Å²) in [7, 11) is 0. The molecule has 1 fully saturated rings. The highest BCUT2D eigenvalue weighted by molar-refractivity contribution is 5.11. The summed E-state index contributed by atoms with van der Waals surface area (Å²) in [4.78, 5) is 0. The van der Waals surface area contributed by atoms with Crippen molar-refractivity contribution in [1.29, 1.82) is 0 Å². The van der Waals surface area contributed by atoms with Crippen LogP contribution in [0.4, 0.5) is 0 Å². The zero-order valence-electron chi connectivity index (χ0n) is 6.40. The quantitative estimate of drug-likeness (QED) is 0.524. The van der Waals surface area contributed by atoms with Crippen LogP contribution in [0.25, 0.3) is 0 Å². The summed E-state index contributed by atoms with van der Waals surface area (Å²) in [5.41, 5.74) is 0.231. The van der Waals surface area contributed by atoms with Crippen LogP contribution < -0.4 is 0 Å². The molecule has 1 nitrogen and oxygen atoms in total. The molecular weight excluding hydrogens is 112 g/mol. The fourth-order valence-corrected chi connectivity index (χ4v) is 1.19. The lowest BCUT2D eigenvalue weighted by molar-refractivity contribution is -0.0976. The van der Waals surface area contributed by atoms with Crippen LogP contribution in [0.2, 0.25) is 0 Å². The molecule has 1 aliphatic heterocycles. The summed E-state index contributed by atoms with van der Waals surface area (Å²) in [5.74, 6) is 0.939. The maximum atomic E-state index is 5.31. The molecule has 0 N–H and O–H groups in total. The summed E-state index contributed by atoms with van der Waals surface area (Å²) in [6, 6.07) is 0. The molecule has 1 heteroatoms. The molecule has 52 valence electrons. The van der Waals surface area contributed by atoms with Crippen LogP contribution in [0.1, 0.15) is 27.2 Å². The topological polar surface area (TPSA) is 9.23 Å². The fourth-order valence-electron chi connectivity index (χ4n) is 1.19. The minimum Gasteiger partial charge on any atom is -0.494 e. The molecule has 0 aromatic carbocycles. The fraction of sp³-hybridized carbons (Fsp3) is 0.750. The van der Waals surface area contributed by atoms with Crippen LogP contribution in [-0.2, 0) is 4.74 Å².